The van der Waals surface area contributed by atoms with Gasteiger partial charge in [0, 0.05) is 5.75 Å². The monoisotopic (exact) mass is 240 g/mol. The summed E-state index contributed by atoms with van der Waals surface area (Å²) in [7, 11) is -1.23. The molecule has 2 atom stereocenters. The van der Waals surface area contributed by atoms with Crippen molar-refractivity contribution in [1.82, 2.24) is 0 Å². The topological polar surface area (TPSA) is 54.4 Å². The van der Waals surface area contributed by atoms with Crippen molar-refractivity contribution in [3.63, 3.8) is 0 Å². The average molecular weight is 240 g/mol. The zero-order valence-electron chi connectivity index (χ0n) is 9.47. The average Bonchev–Trinajstić information content (AvgIpc) is 2.28. The number of aromatic carboxylic acids is 1. The van der Waals surface area contributed by atoms with Crippen molar-refractivity contribution < 1.29 is 14.1 Å². The Balaban J connectivity index is 2.95. The van der Waals surface area contributed by atoms with E-state index in [1.807, 2.05) is 13.8 Å². The molecule has 0 aliphatic carbocycles. The summed E-state index contributed by atoms with van der Waals surface area (Å²) in [5.41, 5.74) is 0.143. The standard InChI is InChI=1S/C12H16O3S/c1-3-9(2)8-16(15)11-7-5-4-6-10(11)12(13)14/h4-7,9H,3,8H2,1-2H3,(H,13,14). The Kier molecular flexibility index (Phi) is 4.68. The number of hydrogen-bond acceptors (Lipinski definition) is 2. The van der Waals surface area contributed by atoms with Crippen LogP contribution in [-0.2, 0) is 10.8 Å². The quantitative estimate of drug-likeness (QED) is 0.860. The van der Waals surface area contributed by atoms with Gasteiger partial charge in [-0.2, -0.15) is 0 Å². The predicted octanol–water partition coefficient (Wildman–Crippen LogP) is 2.54. The summed E-state index contributed by atoms with van der Waals surface area (Å²) in [5, 5.41) is 8.97. The van der Waals surface area contributed by atoms with Gasteiger partial charge in [-0.15, -0.1) is 0 Å². The maximum atomic E-state index is 12.0. The second-order valence-electron chi connectivity index (χ2n) is 3.83. The van der Waals surface area contributed by atoms with Crippen molar-refractivity contribution in [3.05, 3.63) is 29.8 Å². The van der Waals surface area contributed by atoms with Gasteiger partial charge in [0.05, 0.1) is 21.3 Å². The van der Waals surface area contributed by atoms with Crippen LogP contribution in [0, 0.1) is 5.92 Å². The molecule has 1 aromatic carbocycles. The van der Waals surface area contributed by atoms with Crippen LogP contribution >= 0.6 is 0 Å². The lowest BCUT2D eigenvalue weighted by Crippen LogP contribution is -2.11. The van der Waals surface area contributed by atoms with Crippen LogP contribution in [-0.4, -0.2) is 21.0 Å². The van der Waals surface area contributed by atoms with E-state index in [4.69, 9.17) is 5.11 Å². The SMILES string of the molecule is CCC(C)CS(=O)c1ccccc1C(=O)O. The van der Waals surface area contributed by atoms with Crippen LogP contribution in [0.1, 0.15) is 30.6 Å². The van der Waals surface area contributed by atoms with Crippen molar-refractivity contribution in [2.45, 2.75) is 25.2 Å². The van der Waals surface area contributed by atoms with Crippen LogP contribution in [0.25, 0.3) is 0 Å². The maximum absolute atomic E-state index is 12.0. The van der Waals surface area contributed by atoms with Gasteiger partial charge in [-0.1, -0.05) is 32.4 Å². The molecule has 0 amide bonds. The van der Waals surface area contributed by atoms with E-state index in [0.717, 1.165) is 6.42 Å². The van der Waals surface area contributed by atoms with E-state index in [2.05, 4.69) is 0 Å². The van der Waals surface area contributed by atoms with E-state index in [9.17, 15) is 9.00 Å². The van der Waals surface area contributed by atoms with Gasteiger partial charge in [-0.25, -0.2) is 4.79 Å². The summed E-state index contributed by atoms with van der Waals surface area (Å²) in [5.74, 6) is -0.170. The predicted molar refractivity (Wildman–Crippen MR) is 64.1 cm³/mol. The minimum atomic E-state index is -1.23. The molecule has 0 heterocycles. The zero-order valence-corrected chi connectivity index (χ0v) is 10.3. The third-order valence-electron chi connectivity index (χ3n) is 2.50. The van der Waals surface area contributed by atoms with Crippen LogP contribution in [0.5, 0.6) is 0 Å². The van der Waals surface area contributed by atoms with Crippen LogP contribution in [0.3, 0.4) is 0 Å². The number of hydrogen-bond donors (Lipinski definition) is 1. The van der Waals surface area contributed by atoms with Gasteiger partial charge < -0.3 is 5.11 Å². The van der Waals surface area contributed by atoms with E-state index in [1.54, 1.807) is 18.2 Å². The van der Waals surface area contributed by atoms with Gasteiger partial charge in [-0.05, 0) is 18.1 Å². The first-order valence-electron chi connectivity index (χ1n) is 5.27. The highest BCUT2D eigenvalue weighted by Gasteiger charge is 2.15. The lowest BCUT2D eigenvalue weighted by Gasteiger charge is -2.09. The molecule has 0 fully saturated rings. The number of benzene rings is 1. The molecule has 0 aromatic heterocycles. The molecule has 0 spiro atoms. The van der Waals surface area contributed by atoms with E-state index in [1.165, 1.54) is 6.07 Å². The van der Waals surface area contributed by atoms with Gasteiger partial charge in [0.15, 0.2) is 0 Å². The fourth-order valence-electron chi connectivity index (χ4n) is 1.31. The minimum Gasteiger partial charge on any atom is -0.478 e. The molecule has 0 saturated carbocycles. The summed E-state index contributed by atoms with van der Waals surface area (Å²) in [6.45, 7) is 4.05. The van der Waals surface area contributed by atoms with Crippen LogP contribution in [0.4, 0.5) is 0 Å². The zero-order chi connectivity index (χ0) is 12.1. The first-order chi connectivity index (χ1) is 7.56. The maximum Gasteiger partial charge on any atom is 0.336 e. The van der Waals surface area contributed by atoms with E-state index in [-0.39, 0.29) is 5.56 Å². The molecule has 88 valence electrons. The van der Waals surface area contributed by atoms with Crippen LogP contribution < -0.4 is 0 Å². The number of rotatable bonds is 5. The van der Waals surface area contributed by atoms with E-state index < -0.39 is 16.8 Å². The van der Waals surface area contributed by atoms with Gasteiger partial charge in [-0.3, -0.25) is 4.21 Å². The Morgan fingerprint density at radius 3 is 2.62 bits per heavy atom. The van der Waals surface area contributed by atoms with Crippen LogP contribution in [0.2, 0.25) is 0 Å². The van der Waals surface area contributed by atoms with Gasteiger partial charge in [0.1, 0.15) is 0 Å². The Hall–Kier alpha value is -1.16. The number of carboxylic acid groups (broad SMARTS) is 1. The summed E-state index contributed by atoms with van der Waals surface area (Å²) in [4.78, 5) is 11.4. The summed E-state index contributed by atoms with van der Waals surface area (Å²) < 4.78 is 12.0. The van der Waals surface area contributed by atoms with Gasteiger partial charge in [0.25, 0.3) is 0 Å². The lowest BCUT2D eigenvalue weighted by molar-refractivity contribution is 0.0693. The fourth-order valence-corrected chi connectivity index (χ4v) is 2.87. The van der Waals surface area contributed by atoms with E-state index in [0.29, 0.717) is 16.6 Å². The van der Waals surface area contributed by atoms with Crippen molar-refractivity contribution >= 4 is 16.8 Å². The lowest BCUT2D eigenvalue weighted by atomic mass is 10.2. The Morgan fingerprint density at radius 1 is 1.44 bits per heavy atom. The van der Waals surface area contributed by atoms with Crippen molar-refractivity contribution in [1.29, 1.82) is 0 Å². The molecule has 0 aliphatic rings. The number of carbonyl (C=O) groups is 1. The van der Waals surface area contributed by atoms with Gasteiger partial charge >= 0.3 is 5.97 Å². The molecule has 16 heavy (non-hydrogen) atoms. The molecule has 1 rings (SSSR count). The largest absolute Gasteiger partial charge is 0.478 e. The van der Waals surface area contributed by atoms with Gasteiger partial charge in [0.2, 0.25) is 0 Å². The third-order valence-corrected chi connectivity index (χ3v) is 4.21. The highest BCUT2D eigenvalue weighted by Crippen LogP contribution is 2.16. The third kappa shape index (κ3) is 3.17. The summed E-state index contributed by atoms with van der Waals surface area (Å²) in [6.07, 6.45) is 0.945. The second kappa shape index (κ2) is 5.80. The normalized spacial score (nSPS) is 14.4. The first kappa shape index (κ1) is 12.9. The minimum absolute atomic E-state index is 0.143. The molecular formula is C12H16O3S. The molecule has 2 unspecified atom stereocenters. The highest BCUT2D eigenvalue weighted by molar-refractivity contribution is 7.85. The highest BCUT2D eigenvalue weighted by atomic mass is 32.2. The van der Waals surface area contributed by atoms with Crippen molar-refractivity contribution in [2.75, 3.05) is 5.75 Å². The van der Waals surface area contributed by atoms with Crippen molar-refractivity contribution in [2.24, 2.45) is 5.92 Å². The smallest absolute Gasteiger partial charge is 0.336 e. The summed E-state index contributed by atoms with van der Waals surface area (Å²) in [6, 6.07) is 6.48. The Bertz CT molecular complexity index is 401. The molecule has 0 radical (unpaired) electrons. The van der Waals surface area contributed by atoms with Crippen LogP contribution in [0.15, 0.2) is 29.2 Å². The molecular weight excluding hydrogens is 224 g/mol. The molecule has 0 bridgehead atoms. The Labute approximate surface area is 98.0 Å². The second-order valence-corrected chi connectivity index (χ2v) is 5.29. The number of carboxylic acids is 1. The van der Waals surface area contributed by atoms with Crippen molar-refractivity contribution in [3.8, 4) is 0 Å². The molecule has 1 N–H and O–H groups in total. The first-order valence-corrected chi connectivity index (χ1v) is 6.58. The molecule has 1 aromatic rings. The van der Waals surface area contributed by atoms with E-state index >= 15 is 0 Å². The fraction of sp³-hybridized carbons (Fsp3) is 0.417. The molecule has 0 aliphatic heterocycles. The molecule has 0 saturated heterocycles. The molecule has 4 heteroatoms. The summed E-state index contributed by atoms with van der Waals surface area (Å²) >= 11 is 0. The molecule has 3 nitrogen and oxygen atoms in total. The Morgan fingerprint density at radius 2 is 2.06 bits per heavy atom.